The van der Waals surface area contributed by atoms with Crippen LogP contribution in [0.1, 0.15) is 51.6 Å². The van der Waals surface area contributed by atoms with E-state index in [1.807, 2.05) is 22.4 Å². The molecule has 2 fully saturated rings. The van der Waals surface area contributed by atoms with Crippen molar-refractivity contribution >= 4 is 23.2 Å². The second kappa shape index (κ2) is 6.39. The van der Waals surface area contributed by atoms with Crippen LogP contribution in [0.3, 0.4) is 0 Å². The van der Waals surface area contributed by atoms with Crippen molar-refractivity contribution < 1.29 is 14.1 Å². The lowest BCUT2D eigenvalue weighted by atomic mass is 10.3. The van der Waals surface area contributed by atoms with Crippen molar-refractivity contribution in [1.82, 2.24) is 15.4 Å². The summed E-state index contributed by atoms with van der Waals surface area (Å²) < 4.78 is 5.28. The maximum Gasteiger partial charge on any atom is 0.273 e. The Labute approximate surface area is 143 Å². The van der Waals surface area contributed by atoms with Crippen molar-refractivity contribution in [2.45, 2.75) is 38.3 Å². The number of carbonyl (C=O) groups is 2. The maximum absolute atomic E-state index is 12.6. The van der Waals surface area contributed by atoms with E-state index < -0.39 is 0 Å². The van der Waals surface area contributed by atoms with E-state index in [-0.39, 0.29) is 23.6 Å². The molecule has 2 aromatic rings. The second-order valence-corrected chi connectivity index (χ2v) is 7.42. The van der Waals surface area contributed by atoms with Gasteiger partial charge in [-0.1, -0.05) is 11.2 Å². The van der Waals surface area contributed by atoms with E-state index in [0.29, 0.717) is 24.8 Å². The lowest BCUT2D eigenvalue weighted by molar-refractivity contribution is 0.0717. The predicted octanol–water partition coefficient (Wildman–Crippen LogP) is 2.68. The molecular weight excluding hydrogens is 326 g/mol. The van der Waals surface area contributed by atoms with Crippen LogP contribution in [0, 0.1) is 5.92 Å². The predicted molar refractivity (Wildman–Crippen MR) is 88.8 cm³/mol. The average Bonchev–Trinajstić information content (AvgIpc) is 3.50. The van der Waals surface area contributed by atoms with Crippen molar-refractivity contribution in [3.05, 3.63) is 39.9 Å². The lowest BCUT2D eigenvalue weighted by Crippen LogP contribution is -2.32. The summed E-state index contributed by atoms with van der Waals surface area (Å²) in [6.45, 7) is 1.05. The quantitative estimate of drug-likeness (QED) is 0.837. The van der Waals surface area contributed by atoms with Crippen LogP contribution in [-0.2, 0) is 6.54 Å². The molecule has 126 valence electrons. The van der Waals surface area contributed by atoms with Crippen LogP contribution in [0.5, 0.6) is 0 Å². The third-order valence-electron chi connectivity index (χ3n) is 4.35. The van der Waals surface area contributed by atoms with Crippen LogP contribution in [0.15, 0.2) is 28.1 Å². The van der Waals surface area contributed by atoms with Gasteiger partial charge in [0.05, 0.1) is 11.4 Å². The number of rotatable bonds is 7. The number of thiophene rings is 1. The van der Waals surface area contributed by atoms with E-state index in [9.17, 15) is 9.59 Å². The van der Waals surface area contributed by atoms with Crippen molar-refractivity contribution in [3.8, 4) is 0 Å². The fraction of sp³-hybridized carbons (Fsp3) is 0.471. The Morgan fingerprint density at radius 2 is 2.17 bits per heavy atom. The molecule has 2 saturated carbocycles. The molecule has 1 N–H and O–H groups in total. The van der Waals surface area contributed by atoms with Gasteiger partial charge in [0.2, 0.25) is 0 Å². The Hall–Kier alpha value is -2.15. The van der Waals surface area contributed by atoms with Gasteiger partial charge in [-0.15, -0.1) is 11.3 Å². The first-order chi connectivity index (χ1) is 11.7. The van der Waals surface area contributed by atoms with E-state index in [4.69, 9.17) is 4.52 Å². The normalized spacial score (nSPS) is 16.8. The Balaban J connectivity index is 1.41. The van der Waals surface area contributed by atoms with Gasteiger partial charge in [-0.05, 0) is 43.0 Å². The number of carbonyl (C=O) groups excluding carboxylic acids is 2. The third kappa shape index (κ3) is 3.51. The van der Waals surface area contributed by atoms with Crippen LogP contribution in [-0.4, -0.2) is 34.5 Å². The molecule has 0 aliphatic heterocycles. The summed E-state index contributed by atoms with van der Waals surface area (Å²) in [7, 11) is 0. The van der Waals surface area contributed by atoms with Crippen molar-refractivity contribution in [2.75, 3.05) is 6.54 Å². The fourth-order valence-corrected chi connectivity index (χ4v) is 3.29. The number of aromatic nitrogens is 1. The molecule has 2 aliphatic rings. The van der Waals surface area contributed by atoms with Gasteiger partial charge < -0.3 is 14.7 Å². The van der Waals surface area contributed by atoms with Crippen LogP contribution in [0.2, 0.25) is 0 Å². The molecule has 2 heterocycles. The van der Waals surface area contributed by atoms with E-state index in [0.717, 1.165) is 17.7 Å². The lowest BCUT2D eigenvalue weighted by Gasteiger charge is -2.20. The molecule has 2 aliphatic carbocycles. The molecule has 6 nitrogen and oxygen atoms in total. The molecule has 24 heavy (non-hydrogen) atoms. The van der Waals surface area contributed by atoms with Gasteiger partial charge in [-0.3, -0.25) is 9.59 Å². The standard InChI is InChI=1S/C17H19N3O3S/c21-16(18-9-11-3-4-11)14-8-13(23-19-14)10-20(12-5-6-12)17(22)15-2-1-7-24-15/h1-2,7-8,11-12H,3-6,9-10H2,(H,18,21). The van der Waals surface area contributed by atoms with Crippen LogP contribution < -0.4 is 5.32 Å². The molecule has 0 unspecified atom stereocenters. The molecule has 0 saturated heterocycles. The summed E-state index contributed by atoms with van der Waals surface area (Å²) in [6, 6.07) is 5.61. The van der Waals surface area contributed by atoms with E-state index >= 15 is 0 Å². The van der Waals surface area contributed by atoms with Gasteiger partial charge in [0.1, 0.15) is 0 Å². The first-order valence-corrected chi connectivity index (χ1v) is 9.17. The molecule has 0 spiro atoms. The minimum atomic E-state index is -0.209. The highest BCUT2D eigenvalue weighted by atomic mass is 32.1. The largest absolute Gasteiger partial charge is 0.359 e. The van der Waals surface area contributed by atoms with Crippen molar-refractivity contribution in [3.63, 3.8) is 0 Å². The molecule has 2 aromatic heterocycles. The summed E-state index contributed by atoms with van der Waals surface area (Å²) in [5, 5.41) is 8.61. The van der Waals surface area contributed by atoms with Crippen LogP contribution in [0.4, 0.5) is 0 Å². The zero-order valence-electron chi connectivity index (χ0n) is 13.2. The number of hydrogen-bond acceptors (Lipinski definition) is 5. The highest BCUT2D eigenvalue weighted by molar-refractivity contribution is 7.12. The number of nitrogens with zero attached hydrogens (tertiary/aromatic N) is 2. The minimum absolute atomic E-state index is 0.0173. The Morgan fingerprint density at radius 3 is 2.83 bits per heavy atom. The first kappa shape index (κ1) is 15.4. The molecule has 4 rings (SSSR count). The molecule has 0 radical (unpaired) electrons. The van der Waals surface area contributed by atoms with Crippen molar-refractivity contribution in [1.29, 1.82) is 0 Å². The molecule has 0 bridgehead atoms. The topological polar surface area (TPSA) is 75.4 Å². The van der Waals surface area contributed by atoms with Gasteiger partial charge in [0.15, 0.2) is 11.5 Å². The highest BCUT2D eigenvalue weighted by Crippen LogP contribution is 2.31. The Kier molecular flexibility index (Phi) is 4.10. The third-order valence-corrected chi connectivity index (χ3v) is 5.20. The zero-order chi connectivity index (χ0) is 16.5. The van der Waals surface area contributed by atoms with E-state index in [2.05, 4.69) is 10.5 Å². The van der Waals surface area contributed by atoms with Crippen LogP contribution in [0.25, 0.3) is 0 Å². The van der Waals surface area contributed by atoms with Crippen molar-refractivity contribution in [2.24, 2.45) is 5.92 Å². The summed E-state index contributed by atoms with van der Waals surface area (Å²) in [5.74, 6) is 0.973. The van der Waals surface area contributed by atoms with Gasteiger partial charge in [-0.25, -0.2) is 0 Å². The van der Waals surface area contributed by atoms with Gasteiger partial charge in [0.25, 0.3) is 11.8 Å². The second-order valence-electron chi connectivity index (χ2n) is 6.47. The summed E-state index contributed by atoms with van der Waals surface area (Å²) in [6.07, 6.45) is 4.40. The maximum atomic E-state index is 12.6. The summed E-state index contributed by atoms with van der Waals surface area (Å²) in [4.78, 5) is 27.2. The molecular formula is C17H19N3O3S. The van der Waals surface area contributed by atoms with Gasteiger partial charge in [-0.2, -0.15) is 0 Å². The summed E-state index contributed by atoms with van der Waals surface area (Å²) >= 11 is 1.44. The van der Waals surface area contributed by atoms with Crippen LogP contribution >= 0.6 is 11.3 Å². The monoisotopic (exact) mass is 345 g/mol. The van der Waals surface area contributed by atoms with Gasteiger partial charge in [0, 0.05) is 18.7 Å². The Bertz CT molecular complexity index is 732. The summed E-state index contributed by atoms with van der Waals surface area (Å²) in [5.41, 5.74) is 0.282. The number of hydrogen-bond donors (Lipinski definition) is 1. The Morgan fingerprint density at radius 1 is 1.33 bits per heavy atom. The number of nitrogens with one attached hydrogen (secondary N) is 1. The molecule has 7 heteroatoms. The SMILES string of the molecule is O=C(NCC1CC1)c1cc(CN(C(=O)c2cccs2)C2CC2)on1. The zero-order valence-corrected chi connectivity index (χ0v) is 14.1. The van der Waals surface area contributed by atoms with E-state index in [1.165, 1.54) is 24.2 Å². The van der Waals surface area contributed by atoms with Gasteiger partial charge >= 0.3 is 0 Å². The minimum Gasteiger partial charge on any atom is -0.359 e. The fourth-order valence-electron chi connectivity index (χ4n) is 2.61. The van der Waals surface area contributed by atoms with E-state index in [1.54, 1.807) is 6.07 Å². The highest BCUT2D eigenvalue weighted by Gasteiger charge is 2.34. The number of amides is 2. The molecule has 2 amide bonds. The average molecular weight is 345 g/mol. The molecule has 0 aromatic carbocycles. The smallest absolute Gasteiger partial charge is 0.273 e. The first-order valence-electron chi connectivity index (χ1n) is 8.29. The molecule has 0 atom stereocenters.